The van der Waals surface area contributed by atoms with E-state index in [0.717, 1.165) is 22.9 Å². The van der Waals surface area contributed by atoms with E-state index in [0.29, 0.717) is 12.4 Å². The zero-order chi connectivity index (χ0) is 19.9. The predicted octanol–water partition coefficient (Wildman–Crippen LogP) is 5.57. The third-order valence-electron chi connectivity index (χ3n) is 4.18. The minimum absolute atomic E-state index is 0.0200. The van der Waals surface area contributed by atoms with Gasteiger partial charge in [-0.25, -0.2) is 0 Å². The quantitative estimate of drug-likeness (QED) is 0.278. The normalized spacial score (nSPS) is 10.5. The van der Waals surface area contributed by atoms with Gasteiger partial charge in [0.1, 0.15) is 12.4 Å². The van der Waals surface area contributed by atoms with Gasteiger partial charge in [0.15, 0.2) is 0 Å². The Morgan fingerprint density at radius 3 is 2.22 bits per heavy atom. The number of benzene rings is 1. The van der Waals surface area contributed by atoms with Crippen LogP contribution < -0.4 is 4.74 Å². The topological polar surface area (TPSA) is 61.8 Å². The monoisotopic (exact) mass is 442 g/mol. The van der Waals surface area contributed by atoms with Crippen LogP contribution in [0.3, 0.4) is 0 Å². The average molecular weight is 443 g/mol. The second-order valence-electron chi connectivity index (χ2n) is 6.46. The van der Waals surface area contributed by atoms with Gasteiger partial charge in [-0.3, -0.25) is 9.59 Å². The van der Waals surface area contributed by atoms with Crippen LogP contribution in [0.5, 0.6) is 5.75 Å². The summed E-state index contributed by atoms with van der Waals surface area (Å²) in [5, 5.41) is 0. The highest BCUT2D eigenvalue weighted by Crippen LogP contribution is 2.23. The van der Waals surface area contributed by atoms with E-state index < -0.39 is 5.97 Å². The van der Waals surface area contributed by atoms with Crippen LogP contribution in [-0.2, 0) is 25.7 Å². The highest BCUT2D eigenvalue weighted by atomic mass is 79.9. The lowest BCUT2D eigenvalue weighted by Gasteiger charge is -2.10. The molecule has 0 fully saturated rings. The molecular formula is C21H31BrO5. The summed E-state index contributed by atoms with van der Waals surface area (Å²) in [6.07, 6.45) is 8.27. The molecular weight excluding hydrogens is 412 g/mol. The molecule has 0 bridgehead atoms. The SMILES string of the molecule is CCCCCCCCCOC(=O)CCC(=O)OCc1cc(Br)ccc1OC. The van der Waals surface area contributed by atoms with Crippen LogP contribution in [0.2, 0.25) is 0 Å². The molecule has 5 nitrogen and oxygen atoms in total. The van der Waals surface area contributed by atoms with Gasteiger partial charge in [0, 0.05) is 10.0 Å². The average Bonchev–Trinajstić information content (AvgIpc) is 2.67. The maximum atomic E-state index is 11.8. The first-order valence-corrected chi connectivity index (χ1v) is 10.5. The van der Waals surface area contributed by atoms with E-state index in [1.165, 1.54) is 32.1 Å². The van der Waals surface area contributed by atoms with Crippen LogP contribution in [0, 0.1) is 0 Å². The Hall–Kier alpha value is -1.56. The van der Waals surface area contributed by atoms with Crippen LogP contribution >= 0.6 is 15.9 Å². The largest absolute Gasteiger partial charge is 0.496 e. The maximum Gasteiger partial charge on any atom is 0.306 e. The molecule has 0 aliphatic rings. The summed E-state index contributed by atoms with van der Waals surface area (Å²) in [4.78, 5) is 23.5. The minimum atomic E-state index is -0.426. The third-order valence-corrected chi connectivity index (χ3v) is 4.67. The van der Waals surface area contributed by atoms with Crippen molar-refractivity contribution < 1.29 is 23.8 Å². The predicted molar refractivity (Wildman–Crippen MR) is 109 cm³/mol. The number of rotatable bonds is 14. The van der Waals surface area contributed by atoms with Gasteiger partial charge in [-0.1, -0.05) is 61.4 Å². The molecule has 0 spiro atoms. The molecule has 1 aromatic rings. The van der Waals surface area contributed by atoms with E-state index in [-0.39, 0.29) is 25.4 Å². The molecule has 1 aromatic carbocycles. The summed E-state index contributed by atoms with van der Waals surface area (Å²) in [7, 11) is 1.57. The molecule has 0 saturated carbocycles. The Morgan fingerprint density at radius 2 is 1.56 bits per heavy atom. The second-order valence-corrected chi connectivity index (χ2v) is 7.37. The van der Waals surface area contributed by atoms with Gasteiger partial charge in [0.25, 0.3) is 0 Å². The lowest BCUT2D eigenvalue weighted by Crippen LogP contribution is -2.11. The first-order valence-electron chi connectivity index (χ1n) is 9.70. The first-order chi connectivity index (χ1) is 13.1. The highest BCUT2D eigenvalue weighted by molar-refractivity contribution is 9.10. The molecule has 0 unspecified atom stereocenters. The Balaban J connectivity index is 2.12. The van der Waals surface area contributed by atoms with Crippen molar-refractivity contribution in [2.45, 2.75) is 71.3 Å². The van der Waals surface area contributed by atoms with Gasteiger partial charge in [0.2, 0.25) is 0 Å². The third kappa shape index (κ3) is 11.0. The van der Waals surface area contributed by atoms with E-state index in [4.69, 9.17) is 14.2 Å². The maximum absolute atomic E-state index is 11.8. The van der Waals surface area contributed by atoms with Crippen LogP contribution in [0.25, 0.3) is 0 Å². The van der Waals surface area contributed by atoms with Crippen molar-refractivity contribution >= 4 is 27.9 Å². The number of esters is 2. The van der Waals surface area contributed by atoms with Crippen molar-refractivity contribution in [3.63, 3.8) is 0 Å². The summed E-state index contributed by atoms with van der Waals surface area (Å²) in [5.74, 6) is -0.122. The summed E-state index contributed by atoms with van der Waals surface area (Å²) in [5.41, 5.74) is 0.765. The number of carbonyl (C=O) groups is 2. The summed E-state index contributed by atoms with van der Waals surface area (Å²) in [6.45, 7) is 2.73. The first kappa shape index (κ1) is 23.5. The molecule has 0 aromatic heterocycles. The Morgan fingerprint density at radius 1 is 0.926 bits per heavy atom. The van der Waals surface area contributed by atoms with Gasteiger partial charge in [0.05, 0.1) is 26.6 Å². The van der Waals surface area contributed by atoms with E-state index in [2.05, 4.69) is 22.9 Å². The smallest absolute Gasteiger partial charge is 0.306 e. The Labute approximate surface area is 170 Å². The molecule has 0 N–H and O–H groups in total. The van der Waals surface area contributed by atoms with Gasteiger partial charge < -0.3 is 14.2 Å². The number of hydrogen-bond acceptors (Lipinski definition) is 5. The van der Waals surface area contributed by atoms with E-state index in [1.807, 2.05) is 12.1 Å². The highest BCUT2D eigenvalue weighted by Gasteiger charge is 2.11. The second kappa shape index (κ2) is 14.5. The molecule has 6 heteroatoms. The summed E-state index contributed by atoms with van der Waals surface area (Å²) < 4.78 is 16.5. The number of hydrogen-bond donors (Lipinski definition) is 0. The molecule has 152 valence electrons. The fourth-order valence-corrected chi connectivity index (χ4v) is 3.02. The van der Waals surface area contributed by atoms with Gasteiger partial charge in [-0.2, -0.15) is 0 Å². The standard InChI is InChI=1S/C21H31BrO5/c1-3-4-5-6-7-8-9-14-26-20(23)12-13-21(24)27-16-17-15-18(22)10-11-19(17)25-2/h10-11,15H,3-9,12-14,16H2,1-2H3. The minimum Gasteiger partial charge on any atom is -0.496 e. The zero-order valence-electron chi connectivity index (χ0n) is 16.4. The van der Waals surface area contributed by atoms with Crippen molar-refractivity contribution in [1.29, 1.82) is 0 Å². The van der Waals surface area contributed by atoms with E-state index >= 15 is 0 Å². The van der Waals surface area contributed by atoms with Gasteiger partial charge in [-0.15, -0.1) is 0 Å². The van der Waals surface area contributed by atoms with E-state index in [9.17, 15) is 9.59 Å². The van der Waals surface area contributed by atoms with Crippen LogP contribution in [-0.4, -0.2) is 25.7 Å². The molecule has 0 radical (unpaired) electrons. The lowest BCUT2D eigenvalue weighted by molar-refractivity contribution is -0.151. The Kier molecular flexibility index (Phi) is 12.6. The lowest BCUT2D eigenvalue weighted by atomic mass is 10.1. The Bertz CT molecular complexity index is 574. The van der Waals surface area contributed by atoms with Crippen molar-refractivity contribution in [3.8, 4) is 5.75 Å². The fraction of sp³-hybridized carbons (Fsp3) is 0.619. The van der Waals surface area contributed by atoms with Crippen LogP contribution in [0.15, 0.2) is 22.7 Å². The molecule has 0 aliphatic carbocycles. The number of halogens is 1. The number of carbonyl (C=O) groups excluding carboxylic acids is 2. The number of unbranched alkanes of at least 4 members (excludes halogenated alkanes) is 6. The molecule has 0 aliphatic heterocycles. The summed E-state index contributed by atoms with van der Waals surface area (Å²) in [6, 6.07) is 5.49. The van der Waals surface area contributed by atoms with Crippen molar-refractivity contribution in [2.24, 2.45) is 0 Å². The van der Waals surface area contributed by atoms with Crippen molar-refractivity contribution in [1.82, 2.24) is 0 Å². The summed E-state index contributed by atoms with van der Waals surface area (Å²) >= 11 is 3.38. The van der Waals surface area contributed by atoms with E-state index in [1.54, 1.807) is 13.2 Å². The molecule has 0 saturated heterocycles. The molecule has 1 rings (SSSR count). The molecule has 0 atom stereocenters. The van der Waals surface area contributed by atoms with Crippen molar-refractivity contribution in [3.05, 3.63) is 28.2 Å². The zero-order valence-corrected chi connectivity index (χ0v) is 18.0. The molecule has 0 heterocycles. The number of ether oxygens (including phenoxy) is 3. The van der Waals surface area contributed by atoms with Gasteiger partial charge in [-0.05, 0) is 24.6 Å². The molecule has 0 amide bonds. The van der Waals surface area contributed by atoms with Crippen molar-refractivity contribution in [2.75, 3.05) is 13.7 Å². The number of methoxy groups -OCH3 is 1. The van der Waals surface area contributed by atoms with Gasteiger partial charge >= 0.3 is 11.9 Å². The fourth-order valence-electron chi connectivity index (χ4n) is 2.61. The molecule has 27 heavy (non-hydrogen) atoms. The van der Waals surface area contributed by atoms with Crippen LogP contribution in [0.4, 0.5) is 0 Å². The van der Waals surface area contributed by atoms with Crippen LogP contribution in [0.1, 0.15) is 70.3 Å².